The number of aryl methyl sites for hydroxylation is 2. The average Bonchev–Trinajstić information content (AvgIpc) is 3.49. The fourth-order valence-electron chi connectivity index (χ4n) is 10.2. The monoisotopic (exact) mass is 737 g/mol. The van der Waals surface area contributed by atoms with Gasteiger partial charge >= 0.3 is 0 Å². The van der Waals surface area contributed by atoms with Crippen LogP contribution in [0.25, 0.3) is 5.57 Å². The molecule has 0 aromatic heterocycles. The van der Waals surface area contributed by atoms with Crippen molar-refractivity contribution in [2.45, 2.75) is 38.0 Å². The standard InChI is InChI=1S/C49H39NO6/c1-28-24-33(25-29(2)44(28)52)43-36-22-23-37-42(48(56)50(47(37)55)35-20-18-32(19-21-35)45(53)31-14-8-4-9-15-31)39(36)26-40-46(54)38(30-12-6-3-7-13-30)27-41(51)49(40,43)34-16-10-5-11-17-34/h3-22,24-25,27,37,39-40,42-43,52H,23,26H2,1-2H3/t37-,39+,40-,42-,43-,49-/m0/s1. The Bertz CT molecular complexity index is 2500. The summed E-state index contributed by atoms with van der Waals surface area (Å²) in [5.74, 6) is -4.52. The second-order valence-electron chi connectivity index (χ2n) is 15.5. The third kappa shape index (κ3) is 5.21. The molecule has 1 saturated heterocycles. The Balaban J connectivity index is 1.19. The van der Waals surface area contributed by atoms with Crippen molar-refractivity contribution in [1.29, 1.82) is 0 Å². The van der Waals surface area contributed by atoms with Crippen LogP contribution in [0, 0.1) is 37.5 Å². The maximum atomic E-state index is 15.3. The molecule has 7 nitrogen and oxygen atoms in total. The van der Waals surface area contributed by atoms with Gasteiger partial charge in [0, 0.05) is 28.5 Å². The van der Waals surface area contributed by atoms with Crippen molar-refractivity contribution in [3.63, 3.8) is 0 Å². The highest BCUT2D eigenvalue weighted by Gasteiger charge is 2.66. The first-order chi connectivity index (χ1) is 27.1. The number of amides is 2. The minimum atomic E-state index is -1.35. The Kier molecular flexibility index (Phi) is 8.42. The number of fused-ring (bicyclic) bond motifs is 4. The van der Waals surface area contributed by atoms with E-state index < -0.39 is 35.0 Å². The van der Waals surface area contributed by atoms with Crippen LogP contribution < -0.4 is 4.90 Å². The molecule has 1 heterocycles. The molecule has 0 spiro atoms. The zero-order valence-electron chi connectivity index (χ0n) is 31.0. The van der Waals surface area contributed by atoms with Crippen LogP contribution in [-0.4, -0.2) is 34.3 Å². The summed E-state index contributed by atoms with van der Waals surface area (Å²) in [5.41, 5.74) is 4.61. The Hall–Kier alpha value is -6.47. The summed E-state index contributed by atoms with van der Waals surface area (Å²) in [4.78, 5) is 74.0. The Morgan fingerprint density at radius 1 is 0.714 bits per heavy atom. The Morgan fingerprint density at radius 3 is 1.95 bits per heavy atom. The summed E-state index contributed by atoms with van der Waals surface area (Å²) in [6, 6.07) is 38.0. The summed E-state index contributed by atoms with van der Waals surface area (Å²) in [7, 11) is 0. The van der Waals surface area contributed by atoms with Crippen LogP contribution in [-0.2, 0) is 24.6 Å². The van der Waals surface area contributed by atoms with E-state index in [0.29, 0.717) is 44.6 Å². The number of phenols is 1. The van der Waals surface area contributed by atoms with Crippen molar-refractivity contribution in [3.05, 3.63) is 184 Å². The Labute approximate surface area is 325 Å². The number of hydrogen-bond acceptors (Lipinski definition) is 6. The van der Waals surface area contributed by atoms with Crippen molar-refractivity contribution >= 4 is 40.4 Å². The zero-order valence-corrected chi connectivity index (χ0v) is 31.0. The van der Waals surface area contributed by atoms with Gasteiger partial charge in [0.15, 0.2) is 17.3 Å². The van der Waals surface area contributed by atoms with E-state index in [-0.39, 0.29) is 47.8 Å². The molecule has 2 amide bonds. The number of ketones is 3. The van der Waals surface area contributed by atoms with Gasteiger partial charge in [-0.1, -0.05) is 115 Å². The van der Waals surface area contributed by atoms with Gasteiger partial charge in [0.25, 0.3) is 0 Å². The highest BCUT2D eigenvalue weighted by Crippen LogP contribution is 2.64. The van der Waals surface area contributed by atoms with E-state index in [1.54, 1.807) is 48.5 Å². The van der Waals surface area contributed by atoms with Crippen molar-refractivity contribution in [3.8, 4) is 5.75 Å². The van der Waals surface area contributed by atoms with Crippen LogP contribution in [0.5, 0.6) is 5.75 Å². The lowest BCUT2D eigenvalue weighted by Gasteiger charge is -2.55. The fraction of sp³-hybridized carbons (Fsp3) is 0.204. The van der Waals surface area contributed by atoms with Gasteiger partial charge in [-0.25, -0.2) is 0 Å². The third-order valence-corrected chi connectivity index (χ3v) is 12.6. The number of carbonyl (C=O) groups excluding carboxylic acids is 5. The molecule has 2 fully saturated rings. The summed E-state index contributed by atoms with van der Waals surface area (Å²) < 4.78 is 0. The van der Waals surface area contributed by atoms with E-state index in [2.05, 4.69) is 0 Å². The average molecular weight is 738 g/mol. The second-order valence-corrected chi connectivity index (χ2v) is 15.5. The quantitative estimate of drug-likeness (QED) is 0.107. The highest BCUT2D eigenvalue weighted by molar-refractivity contribution is 6.32. The normalized spacial score (nSPS) is 25.5. The lowest BCUT2D eigenvalue weighted by molar-refractivity contribution is -0.135. The molecule has 3 aliphatic carbocycles. The van der Waals surface area contributed by atoms with E-state index in [4.69, 9.17) is 0 Å². The van der Waals surface area contributed by atoms with Crippen LogP contribution in [0.2, 0.25) is 0 Å². The minimum absolute atomic E-state index is 0.158. The van der Waals surface area contributed by atoms with Crippen LogP contribution in [0.3, 0.4) is 0 Å². The minimum Gasteiger partial charge on any atom is -0.507 e. The number of allylic oxidation sites excluding steroid dienone is 4. The van der Waals surface area contributed by atoms with E-state index in [1.807, 2.05) is 98.8 Å². The van der Waals surface area contributed by atoms with Crippen molar-refractivity contribution < 1.29 is 29.1 Å². The molecule has 6 atom stereocenters. The van der Waals surface area contributed by atoms with Crippen LogP contribution in [0.4, 0.5) is 5.69 Å². The number of hydrogen-bond donors (Lipinski definition) is 1. The van der Waals surface area contributed by atoms with Crippen LogP contribution in [0.1, 0.15) is 62.5 Å². The topological polar surface area (TPSA) is 109 Å². The molecule has 276 valence electrons. The molecule has 0 radical (unpaired) electrons. The number of anilines is 1. The maximum Gasteiger partial charge on any atom is 0.238 e. The number of phenolic OH excluding ortho intramolecular Hbond substituents is 1. The SMILES string of the molecule is Cc1cc([C@H]2C3=CC[C@@H]4C(=O)N(c5ccc(C(=O)c6ccccc6)cc5)C(=O)[C@@H]4[C@@H]3C[C@H]3C(=O)C(c4ccccc4)=CC(=O)[C@@]23c2ccccc2)cc(C)c1O. The molecule has 5 aromatic rings. The zero-order chi connectivity index (χ0) is 38.9. The molecule has 4 aliphatic rings. The highest BCUT2D eigenvalue weighted by atomic mass is 16.3. The molecule has 0 bridgehead atoms. The van der Waals surface area contributed by atoms with Crippen molar-refractivity contribution in [2.75, 3.05) is 4.90 Å². The molecule has 9 rings (SSSR count). The predicted molar refractivity (Wildman–Crippen MR) is 213 cm³/mol. The van der Waals surface area contributed by atoms with Crippen molar-refractivity contribution in [2.24, 2.45) is 23.7 Å². The first kappa shape index (κ1) is 35.2. The van der Waals surface area contributed by atoms with Crippen LogP contribution in [0.15, 0.2) is 145 Å². The van der Waals surface area contributed by atoms with Crippen LogP contribution >= 0.6 is 0 Å². The Morgan fingerprint density at radius 2 is 1.30 bits per heavy atom. The van der Waals surface area contributed by atoms with Gasteiger partial charge in [-0.05, 0) is 90.8 Å². The molecule has 0 unspecified atom stereocenters. The number of Topliss-reactive ketones (excluding diaryl/α,β-unsaturated/α-hetero) is 1. The molecule has 5 aromatic carbocycles. The lowest BCUT2D eigenvalue weighted by Crippen LogP contribution is -2.58. The van der Waals surface area contributed by atoms with Gasteiger partial charge in [0.2, 0.25) is 11.8 Å². The molecule has 1 N–H and O–H groups in total. The number of imide groups is 1. The van der Waals surface area contributed by atoms with Crippen molar-refractivity contribution in [1.82, 2.24) is 0 Å². The summed E-state index contributed by atoms with van der Waals surface area (Å²) in [6.45, 7) is 3.64. The molecule has 1 aliphatic heterocycles. The fourth-order valence-corrected chi connectivity index (χ4v) is 10.2. The van der Waals surface area contributed by atoms with Gasteiger partial charge in [0.05, 0.1) is 22.9 Å². The number of nitrogens with zero attached hydrogens (tertiary/aromatic N) is 1. The number of benzene rings is 5. The summed E-state index contributed by atoms with van der Waals surface area (Å²) in [6.07, 6.45) is 4.04. The molecular formula is C49H39NO6. The summed E-state index contributed by atoms with van der Waals surface area (Å²) in [5, 5.41) is 10.9. The summed E-state index contributed by atoms with van der Waals surface area (Å²) >= 11 is 0. The first-order valence-corrected chi connectivity index (χ1v) is 19.1. The van der Waals surface area contributed by atoms with E-state index in [0.717, 1.165) is 11.1 Å². The van der Waals surface area contributed by atoms with Gasteiger partial charge in [-0.3, -0.25) is 28.9 Å². The largest absolute Gasteiger partial charge is 0.507 e. The van der Waals surface area contributed by atoms with E-state index >= 15 is 9.59 Å². The van der Waals surface area contributed by atoms with Gasteiger partial charge in [-0.2, -0.15) is 0 Å². The molecule has 56 heavy (non-hydrogen) atoms. The van der Waals surface area contributed by atoms with E-state index in [9.17, 15) is 19.5 Å². The molecule has 1 saturated carbocycles. The maximum absolute atomic E-state index is 15.3. The molecule has 7 heteroatoms. The van der Waals surface area contributed by atoms with Gasteiger partial charge < -0.3 is 5.11 Å². The molecular weight excluding hydrogens is 699 g/mol. The number of rotatable bonds is 6. The van der Waals surface area contributed by atoms with E-state index in [1.165, 1.54) is 11.0 Å². The number of aromatic hydroxyl groups is 1. The lowest BCUT2D eigenvalue weighted by atomic mass is 9.44. The third-order valence-electron chi connectivity index (χ3n) is 12.6. The van der Waals surface area contributed by atoms with Gasteiger partial charge in [0.1, 0.15) is 5.75 Å². The first-order valence-electron chi connectivity index (χ1n) is 19.1. The second kappa shape index (κ2) is 13.4. The van der Waals surface area contributed by atoms with Gasteiger partial charge in [-0.15, -0.1) is 0 Å². The smallest absolute Gasteiger partial charge is 0.238 e. The number of carbonyl (C=O) groups is 5. The predicted octanol–water partition coefficient (Wildman–Crippen LogP) is 8.27.